The Hall–Kier alpha value is -3.79. The van der Waals surface area contributed by atoms with E-state index >= 15 is 0 Å². The summed E-state index contributed by atoms with van der Waals surface area (Å²) < 4.78 is 0. The van der Waals surface area contributed by atoms with E-state index in [1.165, 1.54) is 23.9 Å². The fraction of sp³-hybridized carbons (Fsp3) is 0.0526. The lowest BCUT2D eigenvalue weighted by Gasteiger charge is -2.08. The molecule has 2 amide bonds. The number of carboxylic acids is 2. The van der Waals surface area contributed by atoms with E-state index in [-0.39, 0.29) is 17.0 Å². The zero-order chi connectivity index (χ0) is 21.4. The van der Waals surface area contributed by atoms with Crippen LogP contribution >= 0.6 is 11.8 Å². The van der Waals surface area contributed by atoms with Crippen molar-refractivity contribution in [3.8, 4) is 5.75 Å². The highest BCUT2D eigenvalue weighted by Gasteiger charge is 2.12. The highest BCUT2D eigenvalue weighted by molar-refractivity contribution is 8.00. The molecule has 0 atom stereocenters. The Morgan fingerprint density at radius 3 is 2.34 bits per heavy atom. The van der Waals surface area contributed by atoms with Crippen LogP contribution in [0.2, 0.25) is 0 Å². The molecule has 2 rings (SSSR count). The van der Waals surface area contributed by atoms with Crippen molar-refractivity contribution in [1.29, 1.82) is 0 Å². The number of aliphatic carboxylic acids is 1. The smallest absolute Gasteiger partial charge is 0.339 e. The molecule has 0 radical (unpaired) electrons. The Labute approximate surface area is 169 Å². The van der Waals surface area contributed by atoms with Gasteiger partial charge < -0.3 is 26.0 Å². The van der Waals surface area contributed by atoms with E-state index in [1.54, 1.807) is 24.3 Å². The normalized spacial score (nSPS) is 10.5. The van der Waals surface area contributed by atoms with Gasteiger partial charge in [-0.2, -0.15) is 0 Å². The van der Waals surface area contributed by atoms with Gasteiger partial charge in [0.1, 0.15) is 11.3 Å². The number of benzene rings is 2. The maximum atomic E-state index is 12.1. The van der Waals surface area contributed by atoms with Crippen molar-refractivity contribution in [3.05, 3.63) is 60.2 Å². The van der Waals surface area contributed by atoms with E-state index in [4.69, 9.17) is 10.2 Å². The highest BCUT2D eigenvalue weighted by atomic mass is 32.2. The number of aromatic carboxylic acids is 1. The first-order chi connectivity index (χ1) is 13.7. The minimum absolute atomic E-state index is 0.0135. The third-order valence-corrected chi connectivity index (χ3v) is 4.35. The molecule has 150 valence electrons. The largest absolute Gasteiger partial charge is 0.507 e. The van der Waals surface area contributed by atoms with Crippen LogP contribution in [0.15, 0.2) is 59.5 Å². The van der Waals surface area contributed by atoms with Gasteiger partial charge in [-0.25, -0.2) is 9.59 Å². The molecule has 0 aliphatic heterocycles. The van der Waals surface area contributed by atoms with Gasteiger partial charge in [-0.15, -0.1) is 11.8 Å². The number of phenols is 1. The van der Waals surface area contributed by atoms with Crippen LogP contribution in [0, 0.1) is 0 Å². The van der Waals surface area contributed by atoms with Crippen LogP contribution in [0.25, 0.3) is 0 Å². The van der Waals surface area contributed by atoms with Crippen molar-refractivity contribution in [1.82, 2.24) is 0 Å². The SMILES string of the molecule is O=C(O)/C=C/C(=O)Nc1cccc(SCC(=O)Nc2ccc(O)c(C(=O)O)c2)c1. The van der Waals surface area contributed by atoms with Crippen LogP contribution in [0.4, 0.5) is 11.4 Å². The first-order valence-electron chi connectivity index (χ1n) is 8.05. The molecule has 10 heteroatoms. The van der Waals surface area contributed by atoms with Gasteiger partial charge in [-0.05, 0) is 36.4 Å². The summed E-state index contributed by atoms with van der Waals surface area (Å²) in [5.41, 5.74) is 0.341. The molecule has 0 aliphatic rings. The van der Waals surface area contributed by atoms with Gasteiger partial charge >= 0.3 is 11.9 Å². The molecule has 0 aromatic heterocycles. The second kappa shape index (κ2) is 9.95. The Morgan fingerprint density at radius 2 is 1.66 bits per heavy atom. The van der Waals surface area contributed by atoms with Crippen molar-refractivity contribution in [2.45, 2.75) is 4.90 Å². The summed E-state index contributed by atoms with van der Waals surface area (Å²) >= 11 is 1.18. The van der Waals surface area contributed by atoms with E-state index in [0.29, 0.717) is 10.6 Å². The minimum Gasteiger partial charge on any atom is -0.507 e. The van der Waals surface area contributed by atoms with Crippen molar-refractivity contribution in [2.24, 2.45) is 0 Å². The predicted molar refractivity (Wildman–Crippen MR) is 106 cm³/mol. The lowest BCUT2D eigenvalue weighted by atomic mass is 10.2. The number of amides is 2. The maximum absolute atomic E-state index is 12.1. The molecule has 0 saturated carbocycles. The molecular formula is C19H16N2O7S. The third kappa shape index (κ3) is 7.03. The van der Waals surface area contributed by atoms with Gasteiger partial charge in [0.2, 0.25) is 11.8 Å². The quantitative estimate of drug-likeness (QED) is 0.250. The van der Waals surface area contributed by atoms with E-state index in [9.17, 15) is 24.3 Å². The average Bonchev–Trinajstić information content (AvgIpc) is 2.66. The van der Waals surface area contributed by atoms with Crippen LogP contribution in [0.3, 0.4) is 0 Å². The Bertz CT molecular complexity index is 988. The number of carbonyl (C=O) groups is 4. The molecule has 9 nitrogen and oxygen atoms in total. The van der Waals surface area contributed by atoms with E-state index in [0.717, 1.165) is 18.2 Å². The number of carbonyl (C=O) groups excluding carboxylic acids is 2. The van der Waals surface area contributed by atoms with Gasteiger partial charge in [0, 0.05) is 28.4 Å². The van der Waals surface area contributed by atoms with Crippen molar-refractivity contribution in [2.75, 3.05) is 16.4 Å². The average molecular weight is 416 g/mol. The summed E-state index contributed by atoms with van der Waals surface area (Å²) in [5.74, 6) is -3.93. The molecule has 2 aromatic carbocycles. The molecule has 0 unspecified atom stereocenters. The minimum atomic E-state index is -1.31. The lowest BCUT2D eigenvalue weighted by Crippen LogP contribution is -2.14. The molecule has 0 bridgehead atoms. The van der Waals surface area contributed by atoms with Crippen LogP contribution in [0.5, 0.6) is 5.75 Å². The summed E-state index contributed by atoms with van der Waals surface area (Å²) in [5, 5.41) is 32.0. The van der Waals surface area contributed by atoms with Crippen LogP contribution < -0.4 is 10.6 Å². The van der Waals surface area contributed by atoms with E-state index < -0.39 is 29.5 Å². The summed E-state index contributed by atoms with van der Waals surface area (Å²) in [6.07, 6.45) is 1.61. The van der Waals surface area contributed by atoms with Gasteiger partial charge in [0.25, 0.3) is 0 Å². The standard InChI is InChI=1S/C19H16N2O7S/c22-15-5-4-12(9-14(15)19(27)28)21-17(24)10-29-13-3-1-2-11(8-13)20-16(23)6-7-18(25)26/h1-9,22H,10H2,(H,20,23)(H,21,24)(H,25,26)(H,27,28)/b7-6+. The number of hydrogen-bond donors (Lipinski definition) is 5. The van der Waals surface area contributed by atoms with Crippen molar-refractivity contribution < 1.29 is 34.5 Å². The number of rotatable bonds is 8. The first-order valence-corrected chi connectivity index (χ1v) is 9.04. The monoisotopic (exact) mass is 416 g/mol. The molecular weight excluding hydrogens is 400 g/mol. The maximum Gasteiger partial charge on any atom is 0.339 e. The van der Waals surface area contributed by atoms with Crippen molar-refractivity contribution in [3.63, 3.8) is 0 Å². The second-order valence-corrected chi connectivity index (χ2v) is 6.61. The van der Waals surface area contributed by atoms with E-state index in [2.05, 4.69) is 10.6 Å². The topological polar surface area (TPSA) is 153 Å². The Balaban J connectivity index is 1.93. The molecule has 2 aromatic rings. The number of nitrogens with one attached hydrogen (secondary N) is 2. The Morgan fingerprint density at radius 1 is 0.931 bits per heavy atom. The zero-order valence-corrected chi connectivity index (χ0v) is 15.6. The van der Waals surface area contributed by atoms with Gasteiger partial charge in [0.15, 0.2) is 0 Å². The summed E-state index contributed by atoms with van der Waals surface area (Å²) in [6.45, 7) is 0. The number of anilines is 2. The van der Waals surface area contributed by atoms with Gasteiger partial charge in [-0.1, -0.05) is 6.07 Å². The number of hydrogen-bond acceptors (Lipinski definition) is 6. The molecule has 29 heavy (non-hydrogen) atoms. The number of carboxylic acid groups (broad SMARTS) is 2. The fourth-order valence-electron chi connectivity index (χ4n) is 2.13. The predicted octanol–water partition coefficient (Wildman–Crippen LogP) is 2.40. The third-order valence-electron chi connectivity index (χ3n) is 3.36. The Kier molecular flexibility index (Phi) is 7.38. The molecule has 0 aliphatic carbocycles. The van der Waals surface area contributed by atoms with Crippen molar-refractivity contribution >= 4 is 46.9 Å². The lowest BCUT2D eigenvalue weighted by molar-refractivity contribution is -0.131. The molecule has 5 N–H and O–H groups in total. The van der Waals surface area contributed by atoms with Crippen LogP contribution in [-0.4, -0.2) is 44.8 Å². The molecule has 0 saturated heterocycles. The summed E-state index contributed by atoms with van der Waals surface area (Å²) in [4.78, 5) is 45.8. The number of aromatic hydroxyl groups is 1. The van der Waals surface area contributed by atoms with Crippen LogP contribution in [-0.2, 0) is 14.4 Å². The zero-order valence-electron chi connectivity index (χ0n) is 14.8. The second-order valence-electron chi connectivity index (χ2n) is 5.56. The molecule has 0 heterocycles. The molecule has 0 fully saturated rings. The van der Waals surface area contributed by atoms with Gasteiger partial charge in [0.05, 0.1) is 5.75 Å². The summed E-state index contributed by atoms with van der Waals surface area (Å²) in [6, 6.07) is 10.3. The summed E-state index contributed by atoms with van der Waals surface area (Å²) in [7, 11) is 0. The fourth-order valence-corrected chi connectivity index (χ4v) is 2.88. The van der Waals surface area contributed by atoms with Crippen LogP contribution in [0.1, 0.15) is 10.4 Å². The molecule has 0 spiro atoms. The van der Waals surface area contributed by atoms with E-state index in [1.807, 2.05) is 0 Å². The van der Waals surface area contributed by atoms with Gasteiger partial charge in [-0.3, -0.25) is 9.59 Å². The first kappa shape index (κ1) is 21.5. The number of thioether (sulfide) groups is 1. The highest BCUT2D eigenvalue weighted by Crippen LogP contribution is 2.24.